The molecule has 4 heteroatoms. The van der Waals surface area contributed by atoms with Gasteiger partial charge in [-0.25, -0.2) is 0 Å². The normalized spacial score (nSPS) is 11.2. The molecule has 0 aliphatic carbocycles. The molecule has 2 nitrogen and oxygen atoms in total. The highest BCUT2D eigenvalue weighted by Gasteiger charge is 2.20. The van der Waals surface area contributed by atoms with E-state index in [-0.39, 0.29) is 0 Å². The first-order valence-electron chi connectivity index (χ1n) is 28.0. The van der Waals surface area contributed by atoms with Gasteiger partial charge in [-0.15, -0.1) is 0 Å². The smallest absolute Gasteiger partial charge is 0.0464 e. The molecule has 0 unspecified atom stereocenters. The van der Waals surface area contributed by atoms with Crippen LogP contribution in [0.15, 0.2) is 252 Å². The van der Waals surface area contributed by atoms with Crippen LogP contribution in [0.1, 0.15) is 60.1 Å². The summed E-state index contributed by atoms with van der Waals surface area (Å²) in [7, 11) is 0. The van der Waals surface area contributed by atoms with Crippen molar-refractivity contribution in [2.45, 2.75) is 67.2 Å². The Balaban J connectivity index is 0.900. The van der Waals surface area contributed by atoms with E-state index in [0.717, 1.165) is 68.8 Å². The summed E-state index contributed by atoms with van der Waals surface area (Å²) in [6, 6.07) is 89.8. The maximum absolute atomic E-state index is 3.60. The molecule has 80 heavy (non-hydrogen) atoms. The van der Waals surface area contributed by atoms with Crippen molar-refractivity contribution in [2.75, 3.05) is 9.80 Å². The third-order valence-corrected chi connectivity index (χ3v) is 16.7. The Morgan fingerprint density at radius 1 is 0.250 bits per heavy atom. The van der Waals surface area contributed by atoms with Gasteiger partial charge < -0.3 is 9.80 Å². The van der Waals surface area contributed by atoms with Crippen molar-refractivity contribution in [1.82, 2.24) is 0 Å². The predicted molar refractivity (Wildman–Crippen MR) is 351 cm³/mol. The second-order valence-electron chi connectivity index (χ2n) is 21.2. The van der Waals surface area contributed by atoms with Gasteiger partial charge in [0.2, 0.25) is 0 Å². The molecule has 0 saturated heterocycles. The molecule has 0 aromatic heterocycles. The summed E-state index contributed by atoms with van der Waals surface area (Å²) in [6.45, 7) is 13.5. The first-order chi connectivity index (χ1) is 39.0. The van der Waals surface area contributed by atoms with E-state index in [1.807, 2.05) is 0 Å². The Labute approximate surface area is 491 Å². The molecule has 0 bridgehead atoms. The van der Waals surface area contributed by atoms with Crippen molar-refractivity contribution in [1.29, 1.82) is 0 Å². The van der Waals surface area contributed by atoms with Gasteiger partial charge in [-0.05, 0) is 238 Å². The Hall–Kier alpha value is -8.02. The average molecular weight is 1170 g/mol. The minimum Gasteiger partial charge on any atom is -0.310 e. The minimum atomic E-state index is 1.08. The number of benzene rings is 11. The van der Waals surface area contributed by atoms with Crippen LogP contribution in [0.4, 0.5) is 34.1 Å². The van der Waals surface area contributed by atoms with Gasteiger partial charge in [0.1, 0.15) is 0 Å². The Morgan fingerprint density at radius 3 is 0.725 bits per heavy atom. The van der Waals surface area contributed by atoms with Gasteiger partial charge in [-0.3, -0.25) is 0 Å². The summed E-state index contributed by atoms with van der Waals surface area (Å²) in [6.07, 6.45) is 4.50. The topological polar surface area (TPSA) is 6.48 Å². The van der Waals surface area contributed by atoms with Crippen molar-refractivity contribution in [3.05, 3.63) is 285 Å². The summed E-state index contributed by atoms with van der Waals surface area (Å²) in [4.78, 5) is 4.76. The zero-order valence-electron chi connectivity index (χ0n) is 46.6. The van der Waals surface area contributed by atoms with Crippen LogP contribution in [0.5, 0.6) is 0 Å². The molecule has 11 aromatic rings. The lowest BCUT2D eigenvalue weighted by Crippen LogP contribution is -2.10. The second kappa shape index (κ2) is 24.1. The van der Waals surface area contributed by atoms with E-state index in [4.69, 9.17) is 0 Å². The molecular weight excluding hydrogens is 1100 g/mol. The van der Waals surface area contributed by atoms with Crippen LogP contribution in [-0.4, -0.2) is 0 Å². The van der Waals surface area contributed by atoms with Gasteiger partial charge in [0, 0.05) is 43.1 Å². The number of anilines is 6. The van der Waals surface area contributed by atoms with E-state index < -0.39 is 0 Å². The molecule has 0 atom stereocenters. The molecule has 0 fully saturated rings. The summed E-state index contributed by atoms with van der Waals surface area (Å²) >= 11 is 7.21. The first kappa shape index (κ1) is 54.0. The van der Waals surface area contributed by atoms with Crippen LogP contribution in [0.3, 0.4) is 0 Å². The summed E-state index contributed by atoms with van der Waals surface area (Å²) in [5.74, 6) is 0. The molecule has 0 amide bonds. The molecule has 0 radical (unpaired) electrons. The summed E-state index contributed by atoms with van der Waals surface area (Å²) in [5.41, 5.74) is 29.0. The zero-order chi connectivity index (χ0) is 55.3. The van der Waals surface area contributed by atoms with Gasteiger partial charge in [-0.2, -0.15) is 0 Å². The molecule has 0 heterocycles. The molecule has 0 spiro atoms. The third kappa shape index (κ3) is 11.8. The van der Waals surface area contributed by atoms with Gasteiger partial charge >= 0.3 is 0 Å². The van der Waals surface area contributed by atoms with Crippen LogP contribution < -0.4 is 9.80 Å². The quantitative estimate of drug-likeness (QED) is 0.0951. The number of rotatable bonds is 16. The zero-order valence-corrected chi connectivity index (χ0v) is 49.7. The van der Waals surface area contributed by atoms with E-state index in [2.05, 4.69) is 326 Å². The average Bonchev–Trinajstić information content (AvgIpc) is 3.49. The number of hydrogen-bond donors (Lipinski definition) is 0. The molecule has 0 aliphatic rings. The Kier molecular flexibility index (Phi) is 16.3. The lowest BCUT2D eigenvalue weighted by Gasteiger charge is -2.27. The second-order valence-corrected chi connectivity index (χ2v) is 23.1. The van der Waals surface area contributed by atoms with Gasteiger partial charge in [0.15, 0.2) is 0 Å². The lowest BCUT2D eigenvalue weighted by atomic mass is 9.88. The Bertz CT molecular complexity index is 3640. The third-order valence-electron chi connectivity index (χ3n) is 15.6. The molecular formula is C76H66Br2N2. The summed E-state index contributed by atoms with van der Waals surface area (Å²) < 4.78 is 2.15. The van der Waals surface area contributed by atoms with E-state index in [1.165, 1.54) is 100 Å². The minimum absolute atomic E-state index is 1.08. The highest BCUT2D eigenvalue weighted by molar-refractivity contribution is 9.10. The van der Waals surface area contributed by atoms with Crippen molar-refractivity contribution in [3.8, 4) is 66.8 Å². The summed E-state index contributed by atoms with van der Waals surface area (Å²) in [5, 5.41) is 0. The van der Waals surface area contributed by atoms with Crippen LogP contribution in [0, 0.1) is 27.7 Å². The van der Waals surface area contributed by atoms with E-state index in [1.54, 1.807) is 0 Å². The fourth-order valence-corrected chi connectivity index (χ4v) is 11.8. The fourth-order valence-electron chi connectivity index (χ4n) is 11.3. The first-order valence-corrected chi connectivity index (χ1v) is 29.6. The highest BCUT2D eigenvalue weighted by Crippen LogP contribution is 2.43. The maximum atomic E-state index is 3.60. The number of nitrogens with zero attached hydrogens (tertiary/aromatic N) is 2. The van der Waals surface area contributed by atoms with E-state index in [9.17, 15) is 0 Å². The monoisotopic (exact) mass is 1160 g/mol. The van der Waals surface area contributed by atoms with E-state index >= 15 is 0 Å². The molecule has 11 aromatic carbocycles. The Morgan fingerprint density at radius 2 is 0.475 bits per heavy atom. The van der Waals surface area contributed by atoms with Crippen LogP contribution >= 0.6 is 31.9 Å². The fraction of sp³-hybridized carbons (Fsp3) is 0.132. The van der Waals surface area contributed by atoms with Crippen molar-refractivity contribution < 1.29 is 0 Å². The van der Waals surface area contributed by atoms with Crippen LogP contribution in [0.2, 0.25) is 0 Å². The van der Waals surface area contributed by atoms with Gasteiger partial charge in [0.25, 0.3) is 0 Å². The van der Waals surface area contributed by atoms with Crippen LogP contribution in [-0.2, 0) is 12.8 Å². The van der Waals surface area contributed by atoms with Gasteiger partial charge in [-0.1, -0.05) is 204 Å². The molecule has 0 N–H and O–H groups in total. The van der Waals surface area contributed by atoms with Crippen molar-refractivity contribution in [2.24, 2.45) is 0 Å². The van der Waals surface area contributed by atoms with Crippen molar-refractivity contribution in [3.63, 3.8) is 0 Å². The molecule has 0 aliphatic heterocycles. The maximum Gasteiger partial charge on any atom is 0.0464 e. The number of aryl methyl sites for hydroxylation is 6. The SMILES string of the molecule is CCCc1ccc(-c2ccc(N(c3ccc(-c4ccc(Br)cc4)cc3)c3ccc(-c4cc(C)c(-c5ccc(N(c6ccc(-c7ccc(Br)cc7)cc6)c6ccc(-c7ccc(CCC)cc7)cc6)cc5C)cc4C)c(C)c3)cc2)cc1. The van der Waals surface area contributed by atoms with Crippen molar-refractivity contribution >= 4 is 66.0 Å². The molecule has 394 valence electrons. The number of hydrogen-bond acceptors (Lipinski definition) is 2. The lowest BCUT2D eigenvalue weighted by molar-refractivity contribution is 0.922. The number of halogens is 2. The molecule has 0 saturated carbocycles. The van der Waals surface area contributed by atoms with Crippen LogP contribution in [0.25, 0.3) is 66.8 Å². The largest absolute Gasteiger partial charge is 0.310 e. The predicted octanol–water partition coefficient (Wildman–Crippen LogP) is 23.3. The van der Waals surface area contributed by atoms with E-state index in [0.29, 0.717) is 0 Å². The van der Waals surface area contributed by atoms with Gasteiger partial charge in [0.05, 0.1) is 0 Å². The highest BCUT2D eigenvalue weighted by atomic mass is 79.9. The molecule has 11 rings (SSSR count). The standard InChI is InChI=1S/C76H66Br2N2/c1-7-9-55-11-15-57(16-12-55)61-23-35-67(36-24-61)79(69-39-27-63(28-40-69)59-19-31-65(77)32-20-59)71-43-45-73(51(3)47-71)75-49-54(6)76(50-53(75)5)74-46-44-72(48-52(74)4)80(70-41-29-64(30-42-70)60-21-33-66(78)34-22-60)68-37-25-62(26-38-68)58-17-13-56(10-8-2)14-18-58/h11-50H,7-10H2,1-6H3.